The highest BCUT2D eigenvalue weighted by molar-refractivity contribution is 5.75. The first kappa shape index (κ1) is 11.4. The molecular formula is C10H16N2O. The SMILES string of the molecule is C=NC(=C\C)/C=C/C(=C)NC(C)=O.[HH]. The summed E-state index contributed by atoms with van der Waals surface area (Å²) in [5, 5.41) is 2.54. The summed E-state index contributed by atoms with van der Waals surface area (Å²) < 4.78 is 0. The van der Waals surface area contributed by atoms with Gasteiger partial charge in [0.05, 0.1) is 5.70 Å². The first-order valence-corrected chi connectivity index (χ1v) is 3.87. The topological polar surface area (TPSA) is 41.5 Å². The Morgan fingerprint density at radius 3 is 2.54 bits per heavy atom. The van der Waals surface area contributed by atoms with Crippen LogP contribution in [0.1, 0.15) is 15.3 Å². The molecule has 0 spiro atoms. The van der Waals surface area contributed by atoms with Crippen LogP contribution in [0, 0.1) is 0 Å². The summed E-state index contributed by atoms with van der Waals surface area (Å²) >= 11 is 0. The van der Waals surface area contributed by atoms with E-state index in [4.69, 9.17) is 0 Å². The van der Waals surface area contributed by atoms with Gasteiger partial charge in [0.1, 0.15) is 0 Å². The minimum atomic E-state index is -0.136. The molecule has 0 unspecified atom stereocenters. The molecule has 0 aliphatic rings. The lowest BCUT2D eigenvalue weighted by Crippen LogP contribution is -2.16. The van der Waals surface area contributed by atoms with Gasteiger partial charge in [-0.1, -0.05) is 12.7 Å². The molecule has 0 fully saturated rings. The summed E-state index contributed by atoms with van der Waals surface area (Å²) in [7, 11) is 0. The number of hydrogen-bond donors (Lipinski definition) is 1. The predicted octanol–water partition coefficient (Wildman–Crippen LogP) is 2.04. The van der Waals surface area contributed by atoms with E-state index in [1.54, 1.807) is 12.2 Å². The Balaban J connectivity index is 0. The third-order valence-corrected chi connectivity index (χ3v) is 1.27. The van der Waals surface area contributed by atoms with Crippen LogP contribution < -0.4 is 5.32 Å². The van der Waals surface area contributed by atoms with Crippen molar-refractivity contribution in [3.63, 3.8) is 0 Å². The fraction of sp³-hybridized carbons (Fsp3) is 0.200. The van der Waals surface area contributed by atoms with Crippen molar-refractivity contribution in [3.8, 4) is 0 Å². The molecule has 0 aromatic heterocycles. The van der Waals surface area contributed by atoms with E-state index in [0.717, 1.165) is 5.70 Å². The van der Waals surface area contributed by atoms with Crippen LogP contribution in [-0.4, -0.2) is 12.6 Å². The van der Waals surface area contributed by atoms with E-state index in [2.05, 4.69) is 23.6 Å². The molecule has 1 amide bonds. The smallest absolute Gasteiger partial charge is 0.221 e. The van der Waals surface area contributed by atoms with Crippen molar-refractivity contribution < 1.29 is 6.22 Å². The Kier molecular flexibility index (Phi) is 5.19. The van der Waals surface area contributed by atoms with Crippen LogP contribution in [0.5, 0.6) is 0 Å². The van der Waals surface area contributed by atoms with Crippen LogP contribution in [0.15, 0.2) is 41.2 Å². The highest BCUT2D eigenvalue weighted by Crippen LogP contribution is 1.99. The van der Waals surface area contributed by atoms with Crippen molar-refractivity contribution in [1.82, 2.24) is 5.32 Å². The molecule has 0 rings (SSSR count). The number of aliphatic imine (C=N–C) groups is 1. The number of nitrogens with one attached hydrogen (secondary N) is 1. The molecule has 0 saturated heterocycles. The molecule has 3 heteroatoms. The standard InChI is InChI=1S/C10H14N2O.H2/c1-5-10(11-4)7-6-8(2)12-9(3)13;/h5-7H,2,4H2,1,3H3,(H,12,13);1H/b7-6+,10-5-;. The van der Waals surface area contributed by atoms with Gasteiger partial charge in [-0.3, -0.25) is 9.79 Å². The lowest BCUT2D eigenvalue weighted by Gasteiger charge is -1.98. The molecule has 0 bridgehead atoms. The zero-order chi connectivity index (χ0) is 10.3. The average molecular weight is 180 g/mol. The maximum atomic E-state index is 10.6. The maximum absolute atomic E-state index is 10.6. The molecule has 0 aromatic carbocycles. The number of carbonyl (C=O) groups excluding carboxylic acids is 1. The zero-order valence-corrected chi connectivity index (χ0v) is 8.00. The predicted molar refractivity (Wildman–Crippen MR) is 57.5 cm³/mol. The van der Waals surface area contributed by atoms with Gasteiger partial charge in [0.2, 0.25) is 5.91 Å². The first-order chi connectivity index (χ1) is 6.10. The molecule has 0 radical (unpaired) electrons. The van der Waals surface area contributed by atoms with Gasteiger partial charge in [-0.15, -0.1) is 0 Å². The number of carbonyl (C=O) groups is 1. The minimum Gasteiger partial charge on any atom is -0.327 e. The Hall–Kier alpha value is -1.64. The first-order valence-electron chi connectivity index (χ1n) is 3.87. The summed E-state index contributed by atoms with van der Waals surface area (Å²) in [5.74, 6) is -0.136. The van der Waals surface area contributed by atoms with Gasteiger partial charge in [-0.2, -0.15) is 0 Å². The second-order valence-electron chi connectivity index (χ2n) is 2.41. The lowest BCUT2D eigenvalue weighted by atomic mass is 10.3. The number of amides is 1. The third-order valence-electron chi connectivity index (χ3n) is 1.27. The van der Waals surface area contributed by atoms with Gasteiger partial charge in [-0.05, 0) is 25.8 Å². The largest absolute Gasteiger partial charge is 0.327 e. The van der Waals surface area contributed by atoms with Crippen LogP contribution >= 0.6 is 0 Å². The number of hydrogen-bond acceptors (Lipinski definition) is 2. The molecule has 0 atom stereocenters. The van der Waals surface area contributed by atoms with Gasteiger partial charge in [-0.25, -0.2) is 0 Å². The van der Waals surface area contributed by atoms with Crippen molar-refractivity contribution in [3.05, 3.63) is 36.2 Å². The Bertz CT molecular complexity index is 280. The van der Waals surface area contributed by atoms with E-state index in [9.17, 15) is 4.79 Å². The number of allylic oxidation sites excluding steroid dienone is 3. The summed E-state index contributed by atoms with van der Waals surface area (Å²) in [6.45, 7) is 10.3. The van der Waals surface area contributed by atoms with Crippen LogP contribution in [0.25, 0.3) is 0 Å². The van der Waals surface area contributed by atoms with Crippen LogP contribution in [0.2, 0.25) is 0 Å². The Morgan fingerprint density at radius 1 is 1.54 bits per heavy atom. The number of nitrogens with zero attached hydrogens (tertiary/aromatic N) is 1. The fourth-order valence-electron chi connectivity index (χ4n) is 0.694. The van der Waals surface area contributed by atoms with Crippen molar-refractivity contribution in [2.75, 3.05) is 0 Å². The van der Waals surface area contributed by atoms with Gasteiger partial charge in [0.25, 0.3) is 0 Å². The highest BCUT2D eigenvalue weighted by atomic mass is 16.1. The molecule has 1 N–H and O–H groups in total. The maximum Gasteiger partial charge on any atom is 0.221 e. The molecule has 3 nitrogen and oxygen atoms in total. The molecule has 13 heavy (non-hydrogen) atoms. The van der Waals surface area contributed by atoms with E-state index in [0.29, 0.717) is 5.70 Å². The molecule has 72 valence electrons. The average Bonchev–Trinajstić information content (AvgIpc) is 2.05. The monoisotopic (exact) mass is 180 g/mol. The van der Waals surface area contributed by atoms with Crippen LogP contribution in [0.4, 0.5) is 0 Å². The van der Waals surface area contributed by atoms with E-state index in [1.165, 1.54) is 6.92 Å². The molecule has 0 aliphatic carbocycles. The lowest BCUT2D eigenvalue weighted by molar-refractivity contribution is -0.118. The minimum absolute atomic E-state index is 0. The van der Waals surface area contributed by atoms with Crippen LogP contribution in [0.3, 0.4) is 0 Å². The fourth-order valence-corrected chi connectivity index (χ4v) is 0.694. The summed E-state index contributed by atoms with van der Waals surface area (Å²) in [6, 6.07) is 0. The molecule has 0 saturated carbocycles. The second-order valence-corrected chi connectivity index (χ2v) is 2.41. The Morgan fingerprint density at radius 2 is 2.15 bits per heavy atom. The van der Waals surface area contributed by atoms with Gasteiger partial charge < -0.3 is 5.32 Å². The van der Waals surface area contributed by atoms with Gasteiger partial charge in [0.15, 0.2) is 0 Å². The summed E-state index contributed by atoms with van der Waals surface area (Å²) in [6.07, 6.45) is 5.21. The molecule has 0 aromatic rings. The molecule has 0 aliphatic heterocycles. The summed E-state index contributed by atoms with van der Waals surface area (Å²) in [4.78, 5) is 14.3. The second kappa shape index (κ2) is 5.94. The third kappa shape index (κ3) is 5.61. The van der Waals surface area contributed by atoms with Crippen LogP contribution in [-0.2, 0) is 4.79 Å². The van der Waals surface area contributed by atoms with Crippen molar-refractivity contribution in [2.24, 2.45) is 4.99 Å². The molecule has 0 heterocycles. The van der Waals surface area contributed by atoms with E-state index < -0.39 is 0 Å². The quantitative estimate of drug-likeness (QED) is 0.522. The summed E-state index contributed by atoms with van der Waals surface area (Å²) in [5.41, 5.74) is 1.28. The normalized spacial score (nSPS) is 11.4. The van der Waals surface area contributed by atoms with Crippen molar-refractivity contribution in [2.45, 2.75) is 13.8 Å². The van der Waals surface area contributed by atoms with Gasteiger partial charge >= 0.3 is 0 Å². The van der Waals surface area contributed by atoms with E-state index in [-0.39, 0.29) is 7.33 Å². The van der Waals surface area contributed by atoms with Crippen molar-refractivity contribution >= 4 is 12.6 Å². The molecular weight excluding hydrogens is 164 g/mol. The zero-order valence-electron chi connectivity index (χ0n) is 8.00. The Labute approximate surface area is 80.0 Å². The number of rotatable bonds is 4. The van der Waals surface area contributed by atoms with Crippen molar-refractivity contribution in [1.29, 1.82) is 0 Å². The van der Waals surface area contributed by atoms with E-state index >= 15 is 0 Å². The highest BCUT2D eigenvalue weighted by Gasteiger charge is 1.90. The van der Waals surface area contributed by atoms with E-state index in [1.807, 2.05) is 13.0 Å². The van der Waals surface area contributed by atoms with Gasteiger partial charge in [0, 0.05) is 14.0 Å².